The highest BCUT2D eigenvalue weighted by atomic mass is 32.2. The minimum Gasteiger partial charge on any atom is -0.477 e. The molecule has 0 bridgehead atoms. The molecule has 6 nitrogen and oxygen atoms in total. The first-order valence-corrected chi connectivity index (χ1v) is 8.16. The number of thiophene rings is 1. The third kappa shape index (κ3) is 2.66. The molecule has 0 saturated carbocycles. The third-order valence-corrected chi connectivity index (χ3v) is 6.80. The number of hydrogen-bond donors (Lipinski definition) is 2. The lowest BCUT2D eigenvalue weighted by molar-refractivity contribution is 0.0701. The molecule has 1 saturated heterocycles. The number of nitrogens with two attached hydrogens (primary N) is 1. The van der Waals surface area contributed by atoms with E-state index in [-0.39, 0.29) is 15.0 Å². The standard InChI is InChI=1S/C11H16N2O4S2/c1-7-4-9(18-10(7)11(14)15)19(16,17)13-3-2-8(5-12)6-13/h4,8H,2-3,5-6,12H2,1H3,(H,14,15). The minimum absolute atomic E-state index is 0.0770. The Balaban J connectivity index is 2.30. The van der Waals surface area contributed by atoms with Crippen molar-refractivity contribution >= 4 is 27.3 Å². The Morgan fingerprint density at radius 2 is 2.32 bits per heavy atom. The van der Waals surface area contributed by atoms with E-state index in [1.165, 1.54) is 10.4 Å². The summed E-state index contributed by atoms with van der Waals surface area (Å²) in [6.45, 7) is 2.93. The van der Waals surface area contributed by atoms with Gasteiger partial charge in [-0.2, -0.15) is 4.31 Å². The van der Waals surface area contributed by atoms with Crippen molar-refractivity contribution in [2.75, 3.05) is 19.6 Å². The Morgan fingerprint density at radius 3 is 2.79 bits per heavy atom. The van der Waals surface area contributed by atoms with Crippen LogP contribution in [0.5, 0.6) is 0 Å². The van der Waals surface area contributed by atoms with Crippen molar-refractivity contribution in [2.24, 2.45) is 11.7 Å². The highest BCUT2D eigenvalue weighted by Crippen LogP contribution is 2.31. The summed E-state index contributed by atoms with van der Waals surface area (Å²) in [7, 11) is -3.58. The van der Waals surface area contributed by atoms with Gasteiger partial charge in [0.05, 0.1) is 0 Å². The van der Waals surface area contributed by atoms with Crippen LogP contribution in [0.2, 0.25) is 0 Å². The summed E-state index contributed by atoms with van der Waals surface area (Å²) < 4.78 is 26.3. The largest absolute Gasteiger partial charge is 0.477 e. The maximum atomic E-state index is 12.4. The molecule has 0 aliphatic carbocycles. The lowest BCUT2D eigenvalue weighted by Crippen LogP contribution is -2.29. The average molecular weight is 304 g/mol. The molecule has 1 aliphatic rings. The number of carboxylic acids is 1. The van der Waals surface area contributed by atoms with Crippen molar-refractivity contribution in [1.29, 1.82) is 0 Å². The molecule has 2 rings (SSSR count). The summed E-state index contributed by atoms with van der Waals surface area (Å²) in [6, 6.07) is 1.43. The fourth-order valence-electron chi connectivity index (χ4n) is 2.13. The van der Waals surface area contributed by atoms with E-state index in [9.17, 15) is 13.2 Å². The van der Waals surface area contributed by atoms with Crippen LogP contribution < -0.4 is 5.73 Å². The van der Waals surface area contributed by atoms with Gasteiger partial charge in [0.15, 0.2) is 0 Å². The van der Waals surface area contributed by atoms with E-state index < -0.39 is 16.0 Å². The second-order valence-corrected chi connectivity index (χ2v) is 7.85. The summed E-state index contributed by atoms with van der Waals surface area (Å²) in [5.74, 6) is -0.903. The minimum atomic E-state index is -3.58. The van der Waals surface area contributed by atoms with Crippen LogP contribution in [0.15, 0.2) is 10.3 Å². The predicted molar refractivity (Wildman–Crippen MR) is 71.9 cm³/mol. The quantitative estimate of drug-likeness (QED) is 0.854. The third-order valence-electron chi connectivity index (χ3n) is 3.27. The van der Waals surface area contributed by atoms with Crippen LogP contribution in [0.25, 0.3) is 0 Å². The lowest BCUT2D eigenvalue weighted by Gasteiger charge is -2.14. The second kappa shape index (κ2) is 5.20. The molecule has 0 spiro atoms. The zero-order chi connectivity index (χ0) is 14.2. The molecular formula is C11H16N2O4S2. The second-order valence-electron chi connectivity index (χ2n) is 4.64. The molecule has 106 valence electrons. The highest BCUT2D eigenvalue weighted by molar-refractivity contribution is 7.91. The summed E-state index contributed by atoms with van der Waals surface area (Å²) in [4.78, 5) is 11.0. The summed E-state index contributed by atoms with van der Waals surface area (Å²) in [5.41, 5.74) is 6.03. The van der Waals surface area contributed by atoms with E-state index in [4.69, 9.17) is 10.8 Å². The number of carbonyl (C=O) groups is 1. The van der Waals surface area contributed by atoms with Gasteiger partial charge in [-0.05, 0) is 37.4 Å². The maximum absolute atomic E-state index is 12.4. The fraction of sp³-hybridized carbons (Fsp3) is 0.545. The number of hydrogen-bond acceptors (Lipinski definition) is 5. The van der Waals surface area contributed by atoms with Crippen molar-refractivity contribution in [3.8, 4) is 0 Å². The van der Waals surface area contributed by atoms with E-state index in [0.717, 1.165) is 17.8 Å². The fourth-order valence-corrected chi connectivity index (χ4v) is 5.19. The van der Waals surface area contributed by atoms with E-state index in [2.05, 4.69) is 0 Å². The van der Waals surface area contributed by atoms with Gasteiger partial charge in [-0.1, -0.05) is 0 Å². The topological polar surface area (TPSA) is 101 Å². The van der Waals surface area contributed by atoms with Crippen LogP contribution in [-0.4, -0.2) is 43.4 Å². The van der Waals surface area contributed by atoms with Crippen molar-refractivity contribution in [2.45, 2.75) is 17.6 Å². The molecule has 8 heteroatoms. The molecule has 19 heavy (non-hydrogen) atoms. The first kappa shape index (κ1) is 14.4. The van der Waals surface area contributed by atoms with E-state index >= 15 is 0 Å². The number of aryl methyl sites for hydroxylation is 1. The van der Waals surface area contributed by atoms with Crippen LogP contribution in [0.4, 0.5) is 0 Å². The zero-order valence-corrected chi connectivity index (χ0v) is 12.1. The van der Waals surface area contributed by atoms with Crippen molar-refractivity contribution in [3.05, 3.63) is 16.5 Å². The first-order chi connectivity index (χ1) is 8.86. The van der Waals surface area contributed by atoms with Gasteiger partial charge in [-0.15, -0.1) is 11.3 Å². The Bertz CT molecular complexity index is 594. The SMILES string of the molecule is Cc1cc(S(=O)(=O)N2CCC(CN)C2)sc1C(=O)O. The van der Waals surface area contributed by atoms with Gasteiger partial charge in [0.2, 0.25) is 0 Å². The normalized spacial score (nSPS) is 20.8. The number of rotatable bonds is 4. The van der Waals surface area contributed by atoms with Gasteiger partial charge in [0.1, 0.15) is 9.09 Å². The van der Waals surface area contributed by atoms with Gasteiger partial charge in [-0.3, -0.25) is 0 Å². The Labute approximate surface area is 115 Å². The molecular weight excluding hydrogens is 288 g/mol. The smallest absolute Gasteiger partial charge is 0.346 e. The van der Waals surface area contributed by atoms with Crippen molar-refractivity contribution in [1.82, 2.24) is 4.31 Å². The van der Waals surface area contributed by atoms with Crippen molar-refractivity contribution in [3.63, 3.8) is 0 Å². The molecule has 1 fully saturated rings. The molecule has 3 N–H and O–H groups in total. The Hall–Kier alpha value is -0.960. The molecule has 2 heterocycles. The van der Waals surface area contributed by atoms with E-state index in [0.29, 0.717) is 25.2 Å². The monoisotopic (exact) mass is 304 g/mol. The predicted octanol–water partition coefficient (Wildman–Crippen LogP) is 0.724. The zero-order valence-electron chi connectivity index (χ0n) is 10.5. The molecule has 1 atom stereocenters. The van der Waals surface area contributed by atoms with E-state index in [1.807, 2.05) is 0 Å². The molecule has 1 aromatic rings. The highest BCUT2D eigenvalue weighted by Gasteiger charge is 2.33. The Kier molecular flexibility index (Phi) is 3.95. The molecule has 0 radical (unpaired) electrons. The molecule has 0 aromatic carbocycles. The summed E-state index contributed by atoms with van der Waals surface area (Å²) in [6.07, 6.45) is 0.756. The van der Waals surface area contributed by atoms with Crippen LogP contribution >= 0.6 is 11.3 Å². The van der Waals surface area contributed by atoms with Crippen LogP contribution in [0.3, 0.4) is 0 Å². The van der Waals surface area contributed by atoms with Gasteiger partial charge in [0.25, 0.3) is 10.0 Å². The first-order valence-electron chi connectivity index (χ1n) is 5.90. The van der Waals surface area contributed by atoms with Gasteiger partial charge >= 0.3 is 5.97 Å². The summed E-state index contributed by atoms with van der Waals surface area (Å²) in [5, 5.41) is 8.98. The van der Waals surface area contributed by atoms with Crippen LogP contribution in [0, 0.1) is 12.8 Å². The van der Waals surface area contributed by atoms with Crippen LogP contribution in [0.1, 0.15) is 21.7 Å². The molecule has 0 amide bonds. The van der Waals surface area contributed by atoms with Crippen molar-refractivity contribution < 1.29 is 18.3 Å². The lowest BCUT2D eigenvalue weighted by atomic mass is 10.1. The number of sulfonamides is 1. The van der Waals surface area contributed by atoms with Gasteiger partial charge in [-0.25, -0.2) is 13.2 Å². The molecule has 1 aromatic heterocycles. The molecule has 1 unspecified atom stereocenters. The number of aromatic carboxylic acids is 1. The van der Waals surface area contributed by atoms with Gasteiger partial charge < -0.3 is 10.8 Å². The average Bonchev–Trinajstić information content (AvgIpc) is 2.95. The maximum Gasteiger partial charge on any atom is 0.346 e. The molecule has 1 aliphatic heterocycles. The summed E-state index contributed by atoms with van der Waals surface area (Å²) >= 11 is 0.810. The van der Waals surface area contributed by atoms with Gasteiger partial charge in [0, 0.05) is 13.1 Å². The number of nitrogens with zero attached hydrogens (tertiary/aromatic N) is 1. The number of carboxylic acid groups (broad SMARTS) is 1. The van der Waals surface area contributed by atoms with Crippen LogP contribution in [-0.2, 0) is 10.0 Å². The Morgan fingerprint density at radius 1 is 1.63 bits per heavy atom. The van der Waals surface area contributed by atoms with E-state index in [1.54, 1.807) is 6.92 Å².